The van der Waals surface area contributed by atoms with Crippen molar-refractivity contribution in [1.29, 1.82) is 0 Å². The minimum absolute atomic E-state index is 0. The van der Waals surface area contributed by atoms with Gasteiger partial charge in [0.1, 0.15) is 12.1 Å². The number of unbranched alkanes of at least 4 members (excludes halogenated alkanes) is 10. The second kappa shape index (κ2) is 29.5. The van der Waals surface area contributed by atoms with Gasteiger partial charge >= 0.3 is 29.6 Å². The first-order chi connectivity index (χ1) is 21.1. The largest absolute Gasteiger partial charge is 1.00 e. The van der Waals surface area contributed by atoms with Crippen LogP contribution in [0, 0.1) is 0 Å². The van der Waals surface area contributed by atoms with Gasteiger partial charge in [-0.15, -0.1) is 0 Å². The van der Waals surface area contributed by atoms with Gasteiger partial charge < -0.3 is 29.7 Å². The van der Waals surface area contributed by atoms with E-state index in [-0.39, 0.29) is 62.2 Å². The fourth-order valence-electron chi connectivity index (χ4n) is 4.99. The van der Waals surface area contributed by atoms with Crippen LogP contribution in [0.15, 0.2) is 12.2 Å². The molecule has 0 N–H and O–H groups in total. The first kappa shape index (κ1) is 51.2. The minimum atomic E-state index is -2.14. The third kappa shape index (κ3) is 32.8. The van der Waals surface area contributed by atoms with Crippen LogP contribution in [0.2, 0.25) is 0 Å². The van der Waals surface area contributed by atoms with E-state index in [1.54, 1.807) is 19.4 Å². The molecule has 0 aromatic heterocycles. The van der Waals surface area contributed by atoms with Crippen LogP contribution in [0.25, 0.3) is 0 Å². The molecule has 2 atom stereocenters. The van der Waals surface area contributed by atoms with Crippen LogP contribution in [0.4, 0.5) is 0 Å². The normalized spacial score (nSPS) is 19.4. The number of carbonyl (C=O) groups is 3. The summed E-state index contributed by atoms with van der Waals surface area (Å²) in [7, 11) is -2.14. The topological polar surface area (TPSA) is 105 Å². The van der Waals surface area contributed by atoms with Crippen LogP contribution < -0.4 is 29.6 Å². The van der Waals surface area contributed by atoms with Crippen LogP contribution in [-0.4, -0.2) is 74.3 Å². The SMILES string of the molecule is C.CC1(C)OC[C@H](CC=O)O1.CCCCCCCCC(=O)/C=C/CC1COC(C)(C)O1.CCCCCCCCC(=O)CP(C)(C)=O.[H-].[Na+]. The number of aldehydes is 1. The zero-order chi connectivity index (χ0) is 34.2. The quantitative estimate of drug-likeness (QED) is 0.0424. The molecule has 0 amide bonds. The summed E-state index contributed by atoms with van der Waals surface area (Å²) in [6.07, 6.45) is 21.8. The Morgan fingerprint density at radius 3 is 1.57 bits per heavy atom. The van der Waals surface area contributed by atoms with Crippen molar-refractivity contribution in [2.45, 2.75) is 175 Å². The number of carbonyl (C=O) groups excluding carboxylic acids is 3. The summed E-state index contributed by atoms with van der Waals surface area (Å²) in [5, 5.41) is 0. The van der Waals surface area contributed by atoms with Crippen molar-refractivity contribution in [2.24, 2.45) is 0 Å². The first-order valence-electron chi connectivity index (χ1n) is 17.4. The van der Waals surface area contributed by atoms with Gasteiger partial charge in [0.2, 0.25) is 0 Å². The molecule has 2 aliphatic rings. The minimum Gasteiger partial charge on any atom is -1.00 e. The van der Waals surface area contributed by atoms with Crippen LogP contribution in [0.1, 0.15) is 153 Å². The zero-order valence-corrected chi connectivity index (χ0v) is 33.9. The molecule has 0 radical (unpaired) electrons. The van der Waals surface area contributed by atoms with Gasteiger partial charge in [0.05, 0.1) is 38.7 Å². The van der Waals surface area contributed by atoms with Gasteiger partial charge in [-0.3, -0.25) is 9.59 Å². The van der Waals surface area contributed by atoms with Crippen molar-refractivity contribution < 1.29 is 68.9 Å². The summed E-state index contributed by atoms with van der Waals surface area (Å²) in [6.45, 7) is 16.5. The average molecular weight is 699 g/mol. The predicted molar refractivity (Wildman–Crippen MR) is 192 cm³/mol. The van der Waals surface area contributed by atoms with Crippen LogP contribution in [0.5, 0.6) is 0 Å². The van der Waals surface area contributed by atoms with Gasteiger partial charge in [-0.2, -0.15) is 0 Å². The Hall–Kier alpha value is -0.180. The van der Waals surface area contributed by atoms with Gasteiger partial charge in [-0.1, -0.05) is 91.6 Å². The molecule has 2 heterocycles. The van der Waals surface area contributed by atoms with Crippen molar-refractivity contribution in [3.8, 4) is 0 Å². The molecule has 0 bridgehead atoms. The molecule has 1 unspecified atom stereocenters. The molecule has 47 heavy (non-hydrogen) atoms. The average Bonchev–Trinajstić information content (AvgIpc) is 3.47. The molecular weight excluding hydrogens is 626 g/mol. The van der Waals surface area contributed by atoms with E-state index in [0.717, 1.165) is 32.0 Å². The van der Waals surface area contributed by atoms with Crippen molar-refractivity contribution in [3.63, 3.8) is 0 Å². The molecule has 0 aliphatic carbocycles. The van der Waals surface area contributed by atoms with Crippen LogP contribution in [0.3, 0.4) is 0 Å². The molecule has 10 heteroatoms. The van der Waals surface area contributed by atoms with Gasteiger partial charge in [0.15, 0.2) is 17.4 Å². The molecule has 8 nitrogen and oxygen atoms in total. The second-order valence-corrected chi connectivity index (χ2v) is 17.2. The summed E-state index contributed by atoms with van der Waals surface area (Å²) in [5.74, 6) is -0.549. The Bertz CT molecular complexity index is 891. The van der Waals surface area contributed by atoms with Gasteiger partial charge in [-0.25, -0.2) is 0 Å². The molecule has 2 aliphatic heterocycles. The van der Waals surface area contributed by atoms with Gasteiger partial charge in [0.25, 0.3) is 0 Å². The molecule has 2 saturated heterocycles. The fraction of sp³-hybridized carbons (Fsp3) is 0.865. The molecule has 2 fully saturated rings. The molecule has 2 rings (SSSR count). The number of Topliss-reactive ketones (excluding diaryl/α,β-unsaturated/α-hetero) is 1. The summed E-state index contributed by atoms with van der Waals surface area (Å²) < 4.78 is 33.1. The smallest absolute Gasteiger partial charge is 1.00 e. The van der Waals surface area contributed by atoms with E-state index in [4.69, 9.17) is 18.9 Å². The van der Waals surface area contributed by atoms with Crippen molar-refractivity contribution >= 4 is 25.0 Å². The third-order valence-electron chi connectivity index (χ3n) is 7.34. The van der Waals surface area contributed by atoms with Crippen molar-refractivity contribution in [3.05, 3.63) is 12.2 Å². The monoisotopic (exact) mass is 698 g/mol. The van der Waals surface area contributed by atoms with Gasteiger partial charge in [0, 0.05) is 19.3 Å². The Morgan fingerprint density at radius 1 is 0.745 bits per heavy atom. The Balaban J connectivity index is -0.000000308. The van der Waals surface area contributed by atoms with Gasteiger partial charge in [-0.05, 0) is 66.4 Å². The third-order valence-corrected chi connectivity index (χ3v) is 8.45. The van der Waals surface area contributed by atoms with E-state index < -0.39 is 18.7 Å². The summed E-state index contributed by atoms with van der Waals surface area (Å²) in [5.41, 5.74) is 0. The van der Waals surface area contributed by atoms with Crippen molar-refractivity contribution in [2.75, 3.05) is 32.7 Å². The van der Waals surface area contributed by atoms with E-state index in [9.17, 15) is 18.9 Å². The number of allylic oxidation sites excluding steroid dienone is 1. The summed E-state index contributed by atoms with van der Waals surface area (Å²) in [4.78, 5) is 33.1. The summed E-state index contributed by atoms with van der Waals surface area (Å²) >= 11 is 0. The van der Waals surface area contributed by atoms with Crippen LogP contribution in [-0.2, 0) is 37.9 Å². The molecule has 0 spiro atoms. The Morgan fingerprint density at radius 2 is 1.17 bits per heavy atom. The maximum Gasteiger partial charge on any atom is 1.00 e. The molecule has 0 aromatic rings. The van der Waals surface area contributed by atoms with Crippen molar-refractivity contribution in [1.82, 2.24) is 0 Å². The number of ether oxygens (including phenoxy) is 4. The second-order valence-electron chi connectivity index (χ2n) is 13.7. The zero-order valence-electron chi connectivity index (χ0n) is 32.0. The maximum atomic E-state index is 11.7. The van der Waals surface area contributed by atoms with E-state index >= 15 is 0 Å². The Kier molecular flexibility index (Phi) is 32.2. The number of ketones is 2. The number of rotatable bonds is 21. The standard InChI is InChI=1S/C17H30O3.C12H25O2P.C7H12O3.CH4.Na.H/c1-4-5-6-7-8-9-11-15(18)12-10-13-16-14-19-17(2,3)20-16;1-4-5-6-7-8-9-10-12(13)11-15(2,3)14;1-7(2)9-5-6(10-7)3-4-8;;;/h10,12,16H,4-9,11,13-14H2,1-3H3;4-11H2,1-3H3;4,6H,3,5H2,1-2H3;1H4;;/q;;;;+1;-1/b12-10+;;;;;/t;;6-;;;/m..0.../s1. The van der Waals surface area contributed by atoms with E-state index in [1.807, 2.05) is 33.8 Å². The molecule has 0 saturated carbocycles. The van der Waals surface area contributed by atoms with E-state index in [0.29, 0.717) is 38.6 Å². The first-order valence-corrected chi connectivity index (χ1v) is 20.2. The predicted octanol–water partition coefficient (Wildman–Crippen LogP) is 6.81. The molecular formula is C37H72NaO8P. The molecule has 0 aromatic carbocycles. The van der Waals surface area contributed by atoms with E-state index in [2.05, 4.69) is 13.8 Å². The van der Waals surface area contributed by atoms with E-state index in [1.165, 1.54) is 57.8 Å². The van der Waals surface area contributed by atoms with Crippen LogP contribution >= 0.6 is 7.14 Å². The summed E-state index contributed by atoms with van der Waals surface area (Å²) in [6, 6.07) is 0. The molecule has 274 valence electrons. The fourth-order valence-corrected chi connectivity index (χ4v) is 5.99. The Labute approximate surface area is 312 Å². The number of hydrogen-bond acceptors (Lipinski definition) is 8. The maximum absolute atomic E-state index is 11.7. The number of hydrogen-bond donors (Lipinski definition) is 0.